The van der Waals surface area contributed by atoms with Crippen LogP contribution in [-0.4, -0.2) is 0 Å². The first-order valence-corrected chi connectivity index (χ1v) is 18.9. The van der Waals surface area contributed by atoms with E-state index in [2.05, 4.69) is 195 Å². The normalized spacial score (nSPS) is 13.1. The maximum Gasteiger partial charge on any atom is 0.0465 e. The number of fused-ring (bicyclic) bond motifs is 6. The van der Waals surface area contributed by atoms with E-state index in [9.17, 15) is 0 Å². The Morgan fingerprint density at radius 2 is 1.08 bits per heavy atom. The molecule has 0 atom stereocenters. The van der Waals surface area contributed by atoms with E-state index < -0.39 is 0 Å². The van der Waals surface area contributed by atoms with E-state index in [1.165, 1.54) is 70.4 Å². The Kier molecular flexibility index (Phi) is 7.90. The molecule has 7 aromatic carbocycles. The molecule has 246 valence electrons. The molecule has 8 aromatic rings. The average Bonchev–Trinajstić information content (AvgIpc) is 3.71. The van der Waals surface area contributed by atoms with Gasteiger partial charge >= 0.3 is 0 Å². The Morgan fingerprint density at radius 1 is 0.490 bits per heavy atom. The largest absolute Gasteiger partial charge is 0.310 e. The lowest BCUT2D eigenvalue weighted by Gasteiger charge is -2.32. The number of hydrogen-bond acceptors (Lipinski definition) is 2. The highest BCUT2D eigenvalue weighted by Crippen LogP contribution is 2.54. The van der Waals surface area contributed by atoms with Crippen LogP contribution in [0.1, 0.15) is 48.9 Å². The van der Waals surface area contributed by atoms with Crippen LogP contribution in [0, 0.1) is 0 Å². The molecule has 1 aliphatic carbocycles. The van der Waals surface area contributed by atoms with E-state index >= 15 is 0 Å². The second kappa shape index (κ2) is 12.9. The second-order valence-electron chi connectivity index (χ2n) is 13.6. The van der Waals surface area contributed by atoms with Gasteiger partial charge in [-0.25, -0.2) is 0 Å². The summed E-state index contributed by atoms with van der Waals surface area (Å²) >= 11 is 1.89. The summed E-state index contributed by atoms with van der Waals surface area (Å²) in [5, 5.41) is 2.68. The molecule has 1 aromatic heterocycles. The van der Waals surface area contributed by atoms with Crippen LogP contribution < -0.4 is 4.90 Å². The van der Waals surface area contributed by atoms with Crippen molar-refractivity contribution in [2.75, 3.05) is 4.90 Å². The number of hydrogen-bond donors (Lipinski definition) is 0. The van der Waals surface area contributed by atoms with E-state index in [-0.39, 0.29) is 5.41 Å². The van der Waals surface area contributed by atoms with Crippen molar-refractivity contribution in [3.8, 4) is 22.3 Å². The molecule has 0 radical (unpaired) electrons. The van der Waals surface area contributed by atoms with Crippen molar-refractivity contribution in [2.45, 2.75) is 32.1 Å². The fourth-order valence-electron chi connectivity index (χ4n) is 8.30. The standard InChI is InChI=1S/C49H39NS/c1-3-49(4-2)45-32-35(23-22-34-24-27-36(28-25-34)40-19-13-20-44-43-18-11-12-21-47(43)51-48(40)44)26-30-41(45)42-31-29-39(33-46(42)49)50(37-14-7-5-8-15-37)38-16-9-6-10-17-38/h5-33H,3-4H2,1-2H3/b23-22+. The molecule has 0 fully saturated rings. The number of anilines is 3. The third kappa shape index (κ3) is 5.30. The first-order valence-electron chi connectivity index (χ1n) is 18.1. The fraction of sp³-hybridized carbons (Fsp3) is 0.102. The molecular weight excluding hydrogens is 635 g/mol. The zero-order valence-corrected chi connectivity index (χ0v) is 29.8. The van der Waals surface area contributed by atoms with Crippen LogP contribution in [0.25, 0.3) is 54.6 Å². The number of thiophene rings is 1. The van der Waals surface area contributed by atoms with Crippen molar-refractivity contribution in [2.24, 2.45) is 0 Å². The lowest BCUT2D eigenvalue weighted by molar-refractivity contribution is 0.490. The fourth-order valence-corrected chi connectivity index (χ4v) is 9.54. The van der Waals surface area contributed by atoms with Crippen molar-refractivity contribution in [1.82, 2.24) is 0 Å². The Bertz CT molecular complexity index is 2500. The Labute approximate surface area is 304 Å². The van der Waals surface area contributed by atoms with Crippen LogP contribution in [0.4, 0.5) is 17.1 Å². The third-order valence-corrected chi connectivity index (χ3v) is 12.2. The molecule has 0 aliphatic heterocycles. The molecule has 51 heavy (non-hydrogen) atoms. The molecule has 1 nitrogen and oxygen atoms in total. The predicted octanol–water partition coefficient (Wildman–Crippen LogP) is 14.4. The zero-order valence-electron chi connectivity index (χ0n) is 29.0. The monoisotopic (exact) mass is 673 g/mol. The number of para-hydroxylation sites is 2. The van der Waals surface area contributed by atoms with Crippen LogP contribution in [0.3, 0.4) is 0 Å². The topological polar surface area (TPSA) is 3.24 Å². The number of rotatable bonds is 8. The van der Waals surface area contributed by atoms with Gasteiger partial charge in [-0.05, 0) is 99.8 Å². The Balaban J connectivity index is 1.04. The molecule has 0 N–H and O–H groups in total. The molecule has 9 rings (SSSR count). The van der Waals surface area contributed by atoms with Gasteiger partial charge in [0.25, 0.3) is 0 Å². The summed E-state index contributed by atoms with van der Waals surface area (Å²) in [7, 11) is 0. The van der Waals surface area contributed by atoms with Crippen molar-refractivity contribution < 1.29 is 0 Å². The van der Waals surface area contributed by atoms with Crippen LogP contribution in [0.5, 0.6) is 0 Å². The van der Waals surface area contributed by atoms with E-state index in [1.54, 1.807) is 0 Å². The van der Waals surface area contributed by atoms with Crippen molar-refractivity contribution in [1.29, 1.82) is 0 Å². The lowest BCUT2D eigenvalue weighted by Crippen LogP contribution is -2.23. The molecular formula is C49H39NS. The summed E-state index contributed by atoms with van der Waals surface area (Å²) in [6, 6.07) is 60.0. The highest BCUT2D eigenvalue weighted by atomic mass is 32.1. The molecule has 2 heteroatoms. The minimum atomic E-state index is -0.0428. The summed E-state index contributed by atoms with van der Waals surface area (Å²) < 4.78 is 2.70. The average molecular weight is 674 g/mol. The van der Waals surface area contributed by atoms with Crippen LogP contribution in [0.15, 0.2) is 164 Å². The summed E-state index contributed by atoms with van der Waals surface area (Å²) in [5.74, 6) is 0. The molecule has 0 unspecified atom stereocenters. The second-order valence-corrected chi connectivity index (χ2v) is 14.6. The Morgan fingerprint density at radius 3 is 1.78 bits per heavy atom. The van der Waals surface area contributed by atoms with Gasteiger partial charge < -0.3 is 4.90 Å². The van der Waals surface area contributed by atoms with Gasteiger partial charge in [0.1, 0.15) is 0 Å². The first kappa shape index (κ1) is 31.3. The quantitative estimate of drug-likeness (QED) is 0.145. The molecule has 0 bridgehead atoms. The first-order chi connectivity index (χ1) is 25.2. The van der Waals surface area contributed by atoms with Gasteiger partial charge in [0.05, 0.1) is 0 Å². The van der Waals surface area contributed by atoms with Crippen LogP contribution in [-0.2, 0) is 5.41 Å². The van der Waals surface area contributed by atoms with Crippen LogP contribution >= 0.6 is 11.3 Å². The van der Waals surface area contributed by atoms with E-state index in [4.69, 9.17) is 0 Å². The summed E-state index contributed by atoms with van der Waals surface area (Å²) in [6.45, 7) is 4.70. The van der Waals surface area contributed by atoms with Crippen molar-refractivity contribution in [3.05, 3.63) is 186 Å². The van der Waals surface area contributed by atoms with Crippen molar-refractivity contribution in [3.63, 3.8) is 0 Å². The smallest absolute Gasteiger partial charge is 0.0465 e. The molecule has 0 saturated heterocycles. The van der Waals surface area contributed by atoms with Gasteiger partial charge in [0.15, 0.2) is 0 Å². The van der Waals surface area contributed by atoms with Gasteiger partial charge in [-0.15, -0.1) is 11.3 Å². The third-order valence-electron chi connectivity index (χ3n) is 11.0. The lowest BCUT2D eigenvalue weighted by atomic mass is 9.73. The number of benzene rings is 7. The van der Waals surface area contributed by atoms with Gasteiger partial charge in [-0.3, -0.25) is 0 Å². The van der Waals surface area contributed by atoms with E-state index in [0.717, 1.165) is 24.2 Å². The molecule has 1 heterocycles. The van der Waals surface area contributed by atoms with E-state index in [1.807, 2.05) is 11.3 Å². The van der Waals surface area contributed by atoms with Crippen molar-refractivity contribution >= 4 is 60.7 Å². The molecule has 0 amide bonds. The highest BCUT2D eigenvalue weighted by molar-refractivity contribution is 7.26. The molecule has 0 saturated carbocycles. The van der Waals surface area contributed by atoms with Crippen LogP contribution in [0.2, 0.25) is 0 Å². The highest BCUT2D eigenvalue weighted by Gasteiger charge is 2.41. The Hall–Kier alpha value is -5.70. The summed E-state index contributed by atoms with van der Waals surface area (Å²) in [6.07, 6.45) is 6.62. The molecule has 0 spiro atoms. The zero-order chi connectivity index (χ0) is 34.4. The van der Waals surface area contributed by atoms with Gasteiger partial charge in [0.2, 0.25) is 0 Å². The summed E-state index contributed by atoms with van der Waals surface area (Å²) in [5.41, 5.74) is 14.1. The minimum absolute atomic E-state index is 0.0428. The summed E-state index contributed by atoms with van der Waals surface area (Å²) in [4.78, 5) is 2.38. The SMILES string of the molecule is CCC1(CC)c2cc(/C=C/c3ccc(-c4cccc5c4sc4ccccc45)cc3)ccc2-c2ccc(N(c3ccccc3)c3ccccc3)cc21. The molecule has 1 aliphatic rings. The van der Waals surface area contributed by atoms with Gasteiger partial charge in [-0.2, -0.15) is 0 Å². The maximum atomic E-state index is 2.46. The van der Waals surface area contributed by atoms with Gasteiger partial charge in [0, 0.05) is 42.6 Å². The number of nitrogens with zero attached hydrogens (tertiary/aromatic N) is 1. The van der Waals surface area contributed by atoms with Gasteiger partial charge in [-0.1, -0.05) is 147 Å². The predicted molar refractivity (Wildman–Crippen MR) is 222 cm³/mol. The van der Waals surface area contributed by atoms with E-state index in [0.29, 0.717) is 0 Å². The maximum absolute atomic E-state index is 2.46. The minimum Gasteiger partial charge on any atom is -0.310 e.